The molecule has 5 heteroatoms. The molecule has 0 amide bonds. The molecule has 0 saturated carbocycles. The summed E-state index contributed by atoms with van der Waals surface area (Å²) in [6.45, 7) is 3.28. The summed E-state index contributed by atoms with van der Waals surface area (Å²) in [7, 11) is 0. The Balaban J connectivity index is 2.13. The van der Waals surface area contributed by atoms with Crippen LogP contribution in [0.5, 0.6) is 0 Å². The molecular weight excluding hydrogens is 202 g/mol. The van der Waals surface area contributed by atoms with Crippen LogP contribution in [-0.2, 0) is 6.54 Å². The molecule has 13 heavy (non-hydrogen) atoms. The molecule has 1 fully saturated rings. The van der Waals surface area contributed by atoms with Crippen LogP contribution < -0.4 is 0 Å². The molecule has 1 unspecified atom stereocenters. The summed E-state index contributed by atoms with van der Waals surface area (Å²) in [6, 6.07) is 0. The van der Waals surface area contributed by atoms with Gasteiger partial charge in [0.15, 0.2) is 4.77 Å². The van der Waals surface area contributed by atoms with Crippen molar-refractivity contribution in [3.8, 4) is 0 Å². The van der Waals surface area contributed by atoms with Crippen molar-refractivity contribution in [2.24, 2.45) is 0 Å². The Morgan fingerprint density at radius 1 is 1.85 bits per heavy atom. The van der Waals surface area contributed by atoms with Crippen molar-refractivity contribution in [2.75, 3.05) is 5.75 Å². The van der Waals surface area contributed by atoms with Crippen LogP contribution in [0.1, 0.15) is 19.8 Å². The highest BCUT2D eigenvalue weighted by molar-refractivity contribution is 8.00. The lowest BCUT2D eigenvalue weighted by Gasteiger charge is -2.22. The van der Waals surface area contributed by atoms with Gasteiger partial charge in [-0.25, -0.2) is 0 Å². The van der Waals surface area contributed by atoms with E-state index >= 15 is 0 Å². The molecule has 0 aliphatic carbocycles. The maximum absolute atomic E-state index is 5.11. The summed E-state index contributed by atoms with van der Waals surface area (Å²) in [5.74, 6) is 1.28. The van der Waals surface area contributed by atoms with Crippen LogP contribution >= 0.6 is 24.0 Å². The van der Waals surface area contributed by atoms with Gasteiger partial charge in [-0.2, -0.15) is 16.9 Å². The standard InChI is InChI=1S/C8H13N3S2/c1-8(3-2-4-13-8)5-11-6-9-10-7(11)12/h6H,2-5H2,1H3,(H,10,12). The lowest BCUT2D eigenvalue weighted by Crippen LogP contribution is -2.23. The minimum absolute atomic E-state index is 0.363. The molecule has 2 rings (SSSR count). The average Bonchev–Trinajstić information content (AvgIpc) is 2.64. The van der Waals surface area contributed by atoms with Gasteiger partial charge in [0.05, 0.1) is 0 Å². The Morgan fingerprint density at radius 2 is 2.69 bits per heavy atom. The third kappa shape index (κ3) is 1.96. The highest BCUT2D eigenvalue weighted by Gasteiger charge is 2.29. The second-order valence-corrected chi connectivity index (χ2v) is 5.76. The van der Waals surface area contributed by atoms with Crippen LogP contribution in [0.4, 0.5) is 0 Å². The molecule has 2 heterocycles. The van der Waals surface area contributed by atoms with Gasteiger partial charge in [-0.15, -0.1) is 0 Å². The van der Waals surface area contributed by atoms with E-state index in [0.29, 0.717) is 4.75 Å². The van der Waals surface area contributed by atoms with Crippen molar-refractivity contribution in [3.05, 3.63) is 11.1 Å². The van der Waals surface area contributed by atoms with E-state index in [9.17, 15) is 0 Å². The molecular formula is C8H13N3S2. The van der Waals surface area contributed by atoms with Crippen LogP contribution in [0.2, 0.25) is 0 Å². The Kier molecular flexibility index (Phi) is 2.47. The smallest absolute Gasteiger partial charge is 0.194 e. The largest absolute Gasteiger partial charge is 0.305 e. The number of H-pyrrole nitrogens is 1. The maximum atomic E-state index is 5.11. The normalized spacial score (nSPS) is 28.1. The number of hydrogen-bond donors (Lipinski definition) is 1. The monoisotopic (exact) mass is 215 g/mol. The molecule has 1 aromatic heterocycles. The van der Waals surface area contributed by atoms with Crippen LogP contribution in [0.25, 0.3) is 0 Å². The molecule has 3 nitrogen and oxygen atoms in total. The van der Waals surface area contributed by atoms with Gasteiger partial charge < -0.3 is 4.57 Å². The van der Waals surface area contributed by atoms with Gasteiger partial charge in [0.25, 0.3) is 0 Å². The minimum atomic E-state index is 0.363. The van der Waals surface area contributed by atoms with E-state index in [0.717, 1.165) is 11.3 Å². The number of nitrogens with one attached hydrogen (secondary N) is 1. The zero-order chi connectivity index (χ0) is 9.31. The zero-order valence-electron chi connectivity index (χ0n) is 7.62. The first-order valence-corrected chi connectivity index (χ1v) is 5.83. The summed E-state index contributed by atoms with van der Waals surface area (Å²) in [4.78, 5) is 0. The topological polar surface area (TPSA) is 33.6 Å². The first-order valence-electron chi connectivity index (χ1n) is 4.43. The summed E-state index contributed by atoms with van der Waals surface area (Å²) in [6.07, 6.45) is 4.39. The Labute approximate surface area is 86.9 Å². The third-order valence-electron chi connectivity index (χ3n) is 2.42. The summed E-state index contributed by atoms with van der Waals surface area (Å²) >= 11 is 7.15. The molecule has 0 radical (unpaired) electrons. The van der Waals surface area contributed by atoms with Crippen molar-refractivity contribution < 1.29 is 0 Å². The molecule has 0 aromatic carbocycles. The molecule has 1 aliphatic rings. The lowest BCUT2D eigenvalue weighted by molar-refractivity contribution is 0.506. The number of aromatic amines is 1. The van der Waals surface area contributed by atoms with Crippen LogP contribution in [0.3, 0.4) is 0 Å². The fraction of sp³-hybridized carbons (Fsp3) is 0.750. The van der Waals surface area contributed by atoms with Crippen molar-refractivity contribution >= 4 is 24.0 Å². The predicted octanol–water partition coefficient (Wildman–Crippen LogP) is 2.23. The minimum Gasteiger partial charge on any atom is -0.305 e. The second-order valence-electron chi connectivity index (χ2n) is 3.69. The fourth-order valence-corrected chi connectivity index (χ4v) is 3.17. The molecule has 1 aliphatic heterocycles. The first-order chi connectivity index (χ1) is 6.20. The van der Waals surface area contributed by atoms with Gasteiger partial charge in [0.2, 0.25) is 0 Å². The van der Waals surface area contributed by atoms with E-state index < -0.39 is 0 Å². The van der Waals surface area contributed by atoms with Gasteiger partial charge in [0.1, 0.15) is 6.33 Å². The first kappa shape index (κ1) is 9.27. The average molecular weight is 215 g/mol. The van der Waals surface area contributed by atoms with Gasteiger partial charge in [-0.3, -0.25) is 5.10 Å². The highest BCUT2D eigenvalue weighted by atomic mass is 32.2. The van der Waals surface area contributed by atoms with Crippen molar-refractivity contribution in [1.82, 2.24) is 14.8 Å². The zero-order valence-corrected chi connectivity index (χ0v) is 9.25. The fourth-order valence-electron chi connectivity index (χ4n) is 1.70. The van der Waals surface area contributed by atoms with Gasteiger partial charge in [0, 0.05) is 11.3 Å². The molecule has 0 spiro atoms. The van der Waals surface area contributed by atoms with E-state index in [1.165, 1.54) is 18.6 Å². The predicted molar refractivity (Wildman–Crippen MR) is 57.5 cm³/mol. The van der Waals surface area contributed by atoms with E-state index in [4.69, 9.17) is 12.2 Å². The summed E-state index contributed by atoms with van der Waals surface area (Å²) in [5, 5.41) is 6.70. The van der Waals surface area contributed by atoms with Gasteiger partial charge >= 0.3 is 0 Å². The van der Waals surface area contributed by atoms with Crippen molar-refractivity contribution in [1.29, 1.82) is 0 Å². The number of thioether (sulfide) groups is 1. The maximum Gasteiger partial charge on any atom is 0.194 e. The summed E-state index contributed by atoms with van der Waals surface area (Å²) < 4.78 is 3.11. The molecule has 1 aromatic rings. The molecule has 1 saturated heterocycles. The Hall–Kier alpha value is -0.290. The van der Waals surface area contributed by atoms with E-state index in [2.05, 4.69) is 17.1 Å². The molecule has 1 N–H and O–H groups in total. The molecule has 72 valence electrons. The lowest BCUT2D eigenvalue weighted by atomic mass is 10.1. The number of nitrogens with zero attached hydrogens (tertiary/aromatic N) is 2. The van der Waals surface area contributed by atoms with Crippen LogP contribution in [0, 0.1) is 4.77 Å². The Morgan fingerprint density at radius 3 is 3.23 bits per heavy atom. The number of aromatic nitrogens is 3. The summed E-state index contributed by atoms with van der Waals surface area (Å²) in [5.41, 5.74) is 0. The Bertz CT molecular complexity index is 335. The van der Waals surface area contributed by atoms with Crippen LogP contribution in [-0.4, -0.2) is 25.3 Å². The molecule has 1 atom stereocenters. The number of hydrogen-bond acceptors (Lipinski definition) is 3. The SMILES string of the molecule is CC1(Cn2cn[nH]c2=S)CCCS1. The van der Waals surface area contributed by atoms with E-state index in [1.807, 2.05) is 16.3 Å². The van der Waals surface area contributed by atoms with Crippen molar-refractivity contribution in [3.63, 3.8) is 0 Å². The second kappa shape index (κ2) is 3.46. The molecule has 0 bridgehead atoms. The van der Waals surface area contributed by atoms with Gasteiger partial charge in [-0.1, -0.05) is 0 Å². The van der Waals surface area contributed by atoms with Gasteiger partial charge in [-0.05, 0) is 37.7 Å². The van der Waals surface area contributed by atoms with E-state index in [-0.39, 0.29) is 0 Å². The number of rotatable bonds is 2. The highest BCUT2D eigenvalue weighted by Crippen LogP contribution is 2.38. The van der Waals surface area contributed by atoms with Crippen molar-refractivity contribution in [2.45, 2.75) is 31.1 Å². The van der Waals surface area contributed by atoms with Crippen LogP contribution in [0.15, 0.2) is 6.33 Å². The third-order valence-corrected chi connectivity index (χ3v) is 4.27. The van der Waals surface area contributed by atoms with E-state index in [1.54, 1.807) is 6.33 Å². The quantitative estimate of drug-likeness (QED) is 0.768.